The molecule has 1 rings (SSSR count). The van der Waals surface area contributed by atoms with Crippen molar-refractivity contribution in [1.29, 1.82) is 0 Å². The van der Waals surface area contributed by atoms with Crippen LogP contribution in [-0.2, 0) is 10.0 Å². The SMILES string of the molecule is CCN(CC)CCNS(=O)(=O)c1cc(C(=O)O)oc1C. The third kappa shape index (κ3) is 4.06. The van der Waals surface area contributed by atoms with E-state index in [1.807, 2.05) is 13.8 Å². The van der Waals surface area contributed by atoms with Gasteiger partial charge in [0.1, 0.15) is 10.7 Å². The van der Waals surface area contributed by atoms with E-state index in [-0.39, 0.29) is 23.0 Å². The molecular formula is C12H20N2O5S. The van der Waals surface area contributed by atoms with Crippen molar-refractivity contribution in [3.05, 3.63) is 17.6 Å². The number of carboxylic acid groups (broad SMARTS) is 1. The predicted molar refractivity (Wildman–Crippen MR) is 73.4 cm³/mol. The molecule has 0 radical (unpaired) electrons. The van der Waals surface area contributed by atoms with E-state index in [0.717, 1.165) is 19.2 Å². The highest BCUT2D eigenvalue weighted by Gasteiger charge is 2.23. The van der Waals surface area contributed by atoms with Crippen molar-refractivity contribution < 1.29 is 22.7 Å². The predicted octanol–water partition coefficient (Wildman–Crippen LogP) is 0.906. The molecule has 0 bridgehead atoms. The van der Waals surface area contributed by atoms with Crippen molar-refractivity contribution in [2.75, 3.05) is 26.2 Å². The number of nitrogens with zero attached hydrogens (tertiary/aromatic N) is 1. The number of nitrogens with one attached hydrogen (secondary N) is 1. The molecule has 0 amide bonds. The van der Waals surface area contributed by atoms with Gasteiger partial charge in [0.2, 0.25) is 15.8 Å². The largest absolute Gasteiger partial charge is 0.475 e. The van der Waals surface area contributed by atoms with Crippen molar-refractivity contribution in [3.8, 4) is 0 Å². The number of sulfonamides is 1. The second-order valence-electron chi connectivity index (χ2n) is 4.26. The lowest BCUT2D eigenvalue weighted by Gasteiger charge is -2.17. The summed E-state index contributed by atoms with van der Waals surface area (Å²) in [5, 5.41) is 8.79. The number of carbonyl (C=O) groups is 1. The van der Waals surface area contributed by atoms with Crippen LogP contribution in [0.1, 0.15) is 30.2 Å². The first kappa shape index (κ1) is 16.7. The van der Waals surface area contributed by atoms with E-state index in [0.29, 0.717) is 6.54 Å². The van der Waals surface area contributed by atoms with Gasteiger partial charge in [-0.1, -0.05) is 13.8 Å². The van der Waals surface area contributed by atoms with Crippen LogP contribution in [0.2, 0.25) is 0 Å². The molecule has 0 fully saturated rings. The molecule has 8 heteroatoms. The number of aryl methyl sites for hydroxylation is 1. The van der Waals surface area contributed by atoms with Crippen LogP contribution in [0.4, 0.5) is 0 Å². The molecule has 20 heavy (non-hydrogen) atoms. The smallest absolute Gasteiger partial charge is 0.371 e. The summed E-state index contributed by atoms with van der Waals surface area (Å²) in [6.07, 6.45) is 0. The zero-order valence-electron chi connectivity index (χ0n) is 11.8. The minimum absolute atomic E-state index is 0.0674. The summed E-state index contributed by atoms with van der Waals surface area (Å²) in [4.78, 5) is 12.7. The first-order chi connectivity index (χ1) is 9.31. The highest BCUT2D eigenvalue weighted by molar-refractivity contribution is 7.89. The van der Waals surface area contributed by atoms with Gasteiger partial charge in [-0.05, 0) is 20.0 Å². The summed E-state index contributed by atoms with van der Waals surface area (Å²) >= 11 is 0. The maximum Gasteiger partial charge on any atom is 0.371 e. The Balaban J connectivity index is 2.76. The second kappa shape index (κ2) is 6.87. The number of furan rings is 1. The Bertz CT molecular complexity index is 560. The fourth-order valence-electron chi connectivity index (χ4n) is 1.79. The number of hydrogen-bond donors (Lipinski definition) is 2. The monoisotopic (exact) mass is 304 g/mol. The van der Waals surface area contributed by atoms with E-state index >= 15 is 0 Å². The van der Waals surface area contributed by atoms with E-state index in [4.69, 9.17) is 9.52 Å². The van der Waals surface area contributed by atoms with Crippen LogP contribution in [0.5, 0.6) is 0 Å². The lowest BCUT2D eigenvalue weighted by atomic mass is 10.4. The highest BCUT2D eigenvalue weighted by atomic mass is 32.2. The van der Waals surface area contributed by atoms with Crippen LogP contribution in [0.3, 0.4) is 0 Å². The number of aromatic carboxylic acids is 1. The summed E-state index contributed by atoms with van der Waals surface area (Å²) < 4.78 is 31.5. The van der Waals surface area contributed by atoms with E-state index in [2.05, 4.69) is 9.62 Å². The highest BCUT2D eigenvalue weighted by Crippen LogP contribution is 2.19. The van der Waals surface area contributed by atoms with Gasteiger partial charge in [0, 0.05) is 19.2 Å². The molecule has 0 saturated heterocycles. The molecular weight excluding hydrogens is 284 g/mol. The van der Waals surface area contributed by atoms with Gasteiger partial charge in [-0.25, -0.2) is 17.9 Å². The Morgan fingerprint density at radius 2 is 2.00 bits per heavy atom. The van der Waals surface area contributed by atoms with Gasteiger partial charge < -0.3 is 14.4 Å². The summed E-state index contributed by atoms with van der Waals surface area (Å²) in [6.45, 7) is 7.95. The van der Waals surface area contributed by atoms with Crippen molar-refractivity contribution in [2.45, 2.75) is 25.7 Å². The second-order valence-corrected chi connectivity index (χ2v) is 6.00. The van der Waals surface area contributed by atoms with Crippen molar-refractivity contribution in [3.63, 3.8) is 0 Å². The van der Waals surface area contributed by atoms with Crippen LogP contribution >= 0.6 is 0 Å². The molecule has 0 spiro atoms. The molecule has 0 aliphatic rings. The maximum atomic E-state index is 12.1. The molecule has 0 aliphatic heterocycles. The van der Waals surface area contributed by atoms with Crippen molar-refractivity contribution >= 4 is 16.0 Å². The average molecular weight is 304 g/mol. The molecule has 0 aliphatic carbocycles. The van der Waals surface area contributed by atoms with Gasteiger partial charge in [0.05, 0.1) is 0 Å². The number of rotatable bonds is 8. The van der Waals surface area contributed by atoms with E-state index < -0.39 is 16.0 Å². The Labute approximate surface area is 118 Å². The molecule has 0 saturated carbocycles. The van der Waals surface area contributed by atoms with Crippen LogP contribution in [0.15, 0.2) is 15.4 Å². The fourth-order valence-corrected chi connectivity index (χ4v) is 2.99. The topological polar surface area (TPSA) is 99.9 Å². The summed E-state index contributed by atoms with van der Waals surface area (Å²) in [6, 6.07) is 1.03. The fraction of sp³-hybridized carbons (Fsp3) is 0.583. The van der Waals surface area contributed by atoms with Crippen LogP contribution in [0, 0.1) is 6.92 Å². The first-order valence-corrected chi connectivity index (χ1v) is 7.85. The average Bonchev–Trinajstić information content (AvgIpc) is 2.78. The molecule has 1 heterocycles. The van der Waals surface area contributed by atoms with E-state index in [1.165, 1.54) is 6.92 Å². The Hall–Kier alpha value is -1.38. The van der Waals surface area contributed by atoms with Crippen LogP contribution < -0.4 is 4.72 Å². The summed E-state index contributed by atoms with van der Waals surface area (Å²) in [5.41, 5.74) is 0. The van der Waals surface area contributed by atoms with Gasteiger partial charge in [-0.15, -0.1) is 0 Å². The molecule has 0 atom stereocenters. The third-order valence-corrected chi connectivity index (χ3v) is 4.56. The Kier molecular flexibility index (Phi) is 5.73. The summed E-state index contributed by atoms with van der Waals surface area (Å²) in [5.74, 6) is -1.61. The molecule has 1 aromatic heterocycles. The summed E-state index contributed by atoms with van der Waals surface area (Å²) in [7, 11) is -3.75. The number of likely N-dealkylation sites (N-methyl/N-ethyl adjacent to an activating group) is 1. The van der Waals surface area contributed by atoms with E-state index in [9.17, 15) is 13.2 Å². The zero-order valence-corrected chi connectivity index (χ0v) is 12.7. The van der Waals surface area contributed by atoms with Crippen LogP contribution in [0.25, 0.3) is 0 Å². The Morgan fingerprint density at radius 3 is 2.45 bits per heavy atom. The molecule has 1 aromatic rings. The normalized spacial score (nSPS) is 12.0. The van der Waals surface area contributed by atoms with Gasteiger partial charge in [-0.3, -0.25) is 0 Å². The first-order valence-electron chi connectivity index (χ1n) is 6.37. The van der Waals surface area contributed by atoms with Crippen LogP contribution in [-0.4, -0.2) is 50.6 Å². The quantitative estimate of drug-likeness (QED) is 0.740. The van der Waals surface area contributed by atoms with Gasteiger partial charge in [0.25, 0.3) is 0 Å². The minimum atomic E-state index is -3.75. The van der Waals surface area contributed by atoms with Gasteiger partial charge in [-0.2, -0.15) is 0 Å². The molecule has 114 valence electrons. The number of hydrogen-bond acceptors (Lipinski definition) is 5. The molecule has 0 unspecified atom stereocenters. The minimum Gasteiger partial charge on any atom is -0.475 e. The maximum absolute atomic E-state index is 12.1. The van der Waals surface area contributed by atoms with Crippen molar-refractivity contribution in [2.24, 2.45) is 0 Å². The third-order valence-electron chi connectivity index (χ3n) is 2.99. The lowest BCUT2D eigenvalue weighted by molar-refractivity contribution is 0.0661. The number of carboxylic acids is 1. The van der Waals surface area contributed by atoms with E-state index in [1.54, 1.807) is 0 Å². The van der Waals surface area contributed by atoms with Crippen molar-refractivity contribution in [1.82, 2.24) is 9.62 Å². The lowest BCUT2D eigenvalue weighted by Crippen LogP contribution is -2.34. The Morgan fingerprint density at radius 1 is 1.40 bits per heavy atom. The molecule has 2 N–H and O–H groups in total. The molecule has 0 aromatic carbocycles. The standard InChI is InChI=1S/C12H20N2O5S/c1-4-14(5-2)7-6-13-20(17,18)11-8-10(12(15)16)19-9(11)3/h8,13H,4-7H2,1-3H3,(H,15,16). The van der Waals surface area contributed by atoms with Gasteiger partial charge >= 0.3 is 5.97 Å². The molecule has 7 nitrogen and oxygen atoms in total. The zero-order chi connectivity index (χ0) is 15.3. The van der Waals surface area contributed by atoms with Gasteiger partial charge in [0.15, 0.2) is 0 Å².